The third-order valence-electron chi connectivity index (χ3n) is 3.63. The smallest absolute Gasteiger partial charge is 0.309 e. The topological polar surface area (TPSA) is 56.3 Å². The number of aromatic nitrogens is 1. The van der Waals surface area contributed by atoms with Gasteiger partial charge in [-0.2, -0.15) is 0 Å². The van der Waals surface area contributed by atoms with Gasteiger partial charge < -0.3 is 15.0 Å². The van der Waals surface area contributed by atoms with Gasteiger partial charge in [0, 0.05) is 30.7 Å². The van der Waals surface area contributed by atoms with E-state index in [-0.39, 0.29) is 0 Å². The largest absolute Gasteiger partial charge is 0.481 e. The van der Waals surface area contributed by atoms with Gasteiger partial charge >= 0.3 is 5.97 Å². The van der Waals surface area contributed by atoms with E-state index in [9.17, 15) is 4.79 Å². The number of nitrogens with zero attached hydrogens (tertiary/aromatic N) is 1. The molecule has 2 N–H and O–H groups in total. The van der Waals surface area contributed by atoms with Gasteiger partial charge in [0.2, 0.25) is 0 Å². The van der Waals surface area contributed by atoms with Crippen LogP contribution in [0.1, 0.15) is 20.3 Å². The zero-order valence-electron chi connectivity index (χ0n) is 11.6. The zero-order chi connectivity index (χ0) is 14.0. The molecule has 0 saturated heterocycles. The molecule has 0 amide bonds. The number of nitrogens with one attached hydrogen (secondary N) is 1. The van der Waals surface area contributed by atoms with Crippen molar-refractivity contribution in [1.82, 2.24) is 4.98 Å². The van der Waals surface area contributed by atoms with E-state index in [1.54, 1.807) is 13.8 Å². The molecular weight excluding hydrogens is 240 g/mol. The zero-order valence-corrected chi connectivity index (χ0v) is 11.6. The van der Waals surface area contributed by atoms with Gasteiger partial charge in [0.1, 0.15) is 0 Å². The van der Waals surface area contributed by atoms with Crippen LogP contribution in [0.2, 0.25) is 0 Å². The maximum Gasteiger partial charge on any atom is 0.309 e. The molecule has 1 aromatic heterocycles. The van der Waals surface area contributed by atoms with E-state index in [0.717, 1.165) is 16.6 Å². The fraction of sp³-hybridized carbons (Fsp3) is 0.400. The van der Waals surface area contributed by atoms with Crippen molar-refractivity contribution in [2.24, 2.45) is 5.41 Å². The summed E-state index contributed by atoms with van der Waals surface area (Å²) in [5.41, 5.74) is 1.51. The second-order valence-electron chi connectivity index (χ2n) is 5.58. The molecule has 0 aliphatic rings. The molecule has 0 saturated carbocycles. The van der Waals surface area contributed by atoms with Crippen LogP contribution < -0.4 is 4.90 Å². The minimum Gasteiger partial charge on any atom is -0.481 e. The number of H-pyrrole nitrogens is 1. The van der Waals surface area contributed by atoms with E-state index >= 15 is 0 Å². The molecule has 19 heavy (non-hydrogen) atoms. The molecule has 0 atom stereocenters. The summed E-state index contributed by atoms with van der Waals surface area (Å²) in [4.78, 5) is 16.4. The highest BCUT2D eigenvalue weighted by Crippen LogP contribution is 2.27. The van der Waals surface area contributed by atoms with Crippen LogP contribution >= 0.6 is 0 Å². The lowest BCUT2D eigenvalue weighted by Crippen LogP contribution is -2.30. The van der Waals surface area contributed by atoms with Gasteiger partial charge in [-0.25, -0.2) is 0 Å². The minimum atomic E-state index is -0.750. The molecule has 2 rings (SSSR count). The minimum absolute atomic E-state index is 0.609. The highest BCUT2D eigenvalue weighted by molar-refractivity contribution is 5.92. The molecule has 102 valence electrons. The Morgan fingerprint density at radius 3 is 2.74 bits per heavy atom. The van der Waals surface area contributed by atoms with E-state index in [2.05, 4.69) is 16.0 Å². The first-order valence-corrected chi connectivity index (χ1v) is 6.42. The molecule has 0 fully saturated rings. The second kappa shape index (κ2) is 4.96. The van der Waals surface area contributed by atoms with Crippen molar-refractivity contribution in [3.63, 3.8) is 0 Å². The molecule has 0 bridgehead atoms. The monoisotopic (exact) mass is 260 g/mol. The summed E-state index contributed by atoms with van der Waals surface area (Å²) in [5, 5.41) is 10.3. The van der Waals surface area contributed by atoms with Crippen LogP contribution in [0.4, 0.5) is 5.69 Å². The standard InChI is InChI=1S/C15H20N2O2/c1-15(2,14(18)19)8-9-17(3)13-10-16-12-7-5-4-6-11(12)13/h4-7,10,16H,8-9H2,1-3H3,(H,18,19). The first-order valence-electron chi connectivity index (χ1n) is 6.42. The Kier molecular flexibility index (Phi) is 3.51. The number of aliphatic carboxylic acids is 1. The molecule has 2 aromatic rings. The Bertz CT molecular complexity index is 587. The van der Waals surface area contributed by atoms with Crippen molar-refractivity contribution in [2.45, 2.75) is 20.3 Å². The number of fused-ring (bicyclic) bond motifs is 1. The number of aromatic amines is 1. The number of para-hydroxylation sites is 1. The lowest BCUT2D eigenvalue weighted by Gasteiger charge is -2.24. The maximum atomic E-state index is 11.1. The summed E-state index contributed by atoms with van der Waals surface area (Å²) >= 11 is 0. The van der Waals surface area contributed by atoms with Crippen LogP contribution in [0.15, 0.2) is 30.5 Å². The summed E-state index contributed by atoms with van der Waals surface area (Å²) in [5.74, 6) is -0.750. The van der Waals surface area contributed by atoms with E-state index in [1.165, 1.54) is 0 Å². The lowest BCUT2D eigenvalue weighted by atomic mass is 9.89. The normalized spacial score (nSPS) is 11.7. The van der Waals surface area contributed by atoms with E-state index in [0.29, 0.717) is 13.0 Å². The Hall–Kier alpha value is -1.97. The first-order chi connectivity index (χ1) is 8.92. The van der Waals surface area contributed by atoms with Crippen molar-refractivity contribution < 1.29 is 9.90 Å². The second-order valence-corrected chi connectivity index (χ2v) is 5.58. The first kappa shape index (κ1) is 13.5. The average molecular weight is 260 g/mol. The van der Waals surface area contributed by atoms with E-state index in [1.807, 2.05) is 31.4 Å². The third-order valence-corrected chi connectivity index (χ3v) is 3.63. The summed E-state index contributed by atoms with van der Waals surface area (Å²) in [6.07, 6.45) is 2.58. The molecule has 0 unspecified atom stereocenters. The lowest BCUT2D eigenvalue weighted by molar-refractivity contribution is -0.147. The number of benzene rings is 1. The van der Waals surface area contributed by atoms with Gasteiger partial charge in [0.25, 0.3) is 0 Å². The molecule has 4 nitrogen and oxygen atoms in total. The number of hydrogen-bond acceptors (Lipinski definition) is 2. The molecule has 0 radical (unpaired) electrons. The SMILES string of the molecule is CN(CCC(C)(C)C(=O)O)c1c[nH]c2ccccc12. The van der Waals surface area contributed by atoms with Gasteiger partial charge in [0.05, 0.1) is 11.1 Å². The highest BCUT2D eigenvalue weighted by Gasteiger charge is 2.27. The van der Waals surface area contributed by atoms with Crippen molar-refractivity contribution >= 4 is 22.6 Å². The van der Waals surface area contributed by atoms with Crippen LogP contribution in [0.5, 0.6) is 0 Å². The van der Waals surface area contributed by atoms with Crippen LogP contribution in [-0.4, -0.2) is 29.7 Å². The summed E-state index contributed by atoms with van der Waals surface area (Å²) in [6, 6.07) is 8.11. The maximum absolute atomic E-state index is 11.1. The molecule has 0 aliphatic carbocycles. The molecule has 0 spiro atoms. The van der Waals surface area contributed by atoms with Crippen LogP contribution in [0.3, 0.4) is 0 Å². The Balaban J connectivity index is 2.12. The van der Waals surface area contributed by atoms with Crippen LogP contribution in [0, 0.1) is 5.41 Å². The summed E-state index contributed by atoms with van der Waals surface area (Å²) in [7, 11) is 1.99. The van der Waals surface area contributed by atoms with Crippen molar-refractivity contribution in [2.75, 3.05) is 18.5 Å². The predicted molar refractivity (Wildman–Crippen MR) is 77.6 cm³/mol. The average Bonchev–Trinajstić information content (AvgIpc) is 2.79. The summed E-state index contributed by atoms with van der Waals surface area (Å²) < 4.78 is 0. The summed E-state index contributed by atoms with van der Waals surface area (Å²) in [6.45, 7) is 4.23. The predicted octanol–water partition coefficient (Wildman–Crippen LogP) is 3.11. The number of carbonyl (C=O) groups is 1. The van der Waals surface area contributed by atoms with Gasteiger partial charge in [-0.3, -0.25) is 4.79 Å². The van der Waals surface area contributed by atoms with Gasteiger partial charge in [-0.15, -0.1) is 0 Å². The number of hydrogen-bond donors (Lipinski definition) is 2. The molecule has 1 heterocycles. The van der Waals surface area contributed by atoms with Crippen molar-refractivity contribution in [1.29, 1.82) is 0 Å². The quantitative estimate of drug-likeness (QED) is 0.868. The van der Waals surface area contributed by atoms with Crippen molar-refractivity contribution in [3.05, 3.63) is 30.5 Å². The van der Waals surface area contributed by atoms with Crippen molar-refractivity contribution in [3.8, 4) is 0 Å². The fourth-order valence-electron chi connectivity index (χ4n) is 2.05. The number of carboxylic acid groups (broad SMARTS) is 1. The number of anilines is 1. The molecule has 4 heteroatoms. The van der Waals surface area contributed by atoms with Gasteiger partial charge in [-0.05, 0) is 26.3 Å². The molecule has 1 aromatic carbocycles. The number of rotatable bonds is 5. The Labute approximate surface area is 113 Å². The molecular formula is C15H20N2O2. The van der Waals surface area contributed by atoms with Crippen LogP contribution in [0.25, 0.3) is 10.9 Å². The fourth-order valence-corrected chi connectivity index (χ4v) is 2.05. The van der Waals surface area contributed by atoms with Gasteiger partial charge in [0.15, 0.2) is 0 Å². The number of carboxylic acids is 1. The van der Waals surface area contributed by atoms with E-state index < -0.39 is 11.4 Å². The third kappa shape index (κ3) is 2.72. The van der Waals surface area contributed by atoms with E-state index in [4.69, 9.17) is 5.11 Å². The van der Waals surface area contributed by atoms with Crippen LogP contribution in [-0.2, 0) is 4.79 Å². The van der Waals surface area contributed by atoms with Gasteiger partial charge in [-0.1, -0.05) is 18.2 Å². The Morgan fingerprint density at radius 2 is 2.05 bits per heavy atom. The molecule has 0 aliphatic heterocycles. The Morgan fingerprint density at radius 1 is 1.37 bits per heavy atom. The highest BCUT2D eigenvalue weighted by atomic mass is 16.4.